The van der Waals surface area contributed by atoms with Gasteiger partial charge in [0, 0.05) is 18.0 Å². The van der Waals surface area contributed by atoms with Crippen molar-refractivity contribution in [3.8, 4) is 0 Å². The van der Waals surface area contributed by atoms with E-state index in [2.05, 4.69) is 42.2 Å². The molecule has 1 saturated carbocycles. The zero-order valence-corrected chi connectivity index (χ0v) is 15.9. The zero-order chi connectivity index (χ0) is 14.7. The van der Waals surface area contributed by atoms with Gasteiger partial charge in [0.25, 0.3) is 0 Å². The van der Waals surface area contributed by atoms with Crippen molar-refractivity contribution >= 4 is 24.8 Å². The molecule has 1 heterocycles. The highest BCUT2D eigenvalue weighted by Gasteiger charge is 2.37. The third-order valence-corrected chi connectivity index (χ3v) is 6.02. The quantitative estimate of drug-likeness (QED) is 0.867. The van der Waals surface area contributed by atoms with Crippen LogP contribution in [0.1, 0.15) is 51.0 Å². The third kappa shape index (κ3) is 4.63. The van der Waals surface area contributed by atoms with E-state index >= 15 is 0 Å². The number of likely N-dealkylation sites (tertiary alicyclic amines) is 1. The van der Waals surface area contributed by atoms with Gasteiger partial charge in [-0.1, -0.05) is 37.3 Å². The molecule has 1 saturated heterocycles. The highest BCUT2D eigenvalue weighted by Crippen LogP contribution is 2.40. The Morgan fingerprint density at radius 2 is 1.57 bits per heavy atom. The predicted octanol–water partition coefficient (Wildman–Crippen LogP) is 4.40. The summed E-state index contributed by atoms with van der Waals surface area (Å²) in [5, 5.41) is 0. The number of nitrogens with two attached hydrogens (primary N) is 1. The molecule has 23 heavy (non-hydrogen) atoms. The van der Waals surface area contributed by atoms with Gasteiger partial charge in [0.15, 0.2) is 0 Å². The van der Waals surface area contributed by atoms with E-state index in [1.807, 2.05) is 0 Å². The zero-order valence-electron chi connectivity index (χ0n) is 14.2. The molecular weight excluding hydrogens is 327 g/mol. The van der Waals surface area contributed by atoms with Crippen molar-refractivity contribution in [3.05, 3.63) is 35.9 Å². The van der Waals surface area contributed by atoms with Gasteiger partial charge in [-0.25, -0.2) is 0 Å². The molecule has 0 bridgehead atoms. The van der Waals surface area contributed by atoms with E-state index in [9.17, 15) is 0 Å². The largest absolute Gasteiger partial charge is 0.330 e. The lowest BCUT2D eigenvalue weighted by atomic mass is 9.68. The molecule has 1 aromatic rings. The molecule has 2 nitrogen and oxygen atoms in total. The lowest BCUT2D eigenvalue weighted by Crippen LogP contribution is -2.47. The van der Waals surface area contributed by atoms with Crippen LogP contribution in [0.4, 0.5) is 0 Å². The molecule has 0 atom stereocenters. The van der Waals surface area contributed by atoms with Crippen molar-refractivity contribution in [2.75, 3.05) is 19.6 Å². The number of hydrogen-bond acceptors (Lipinski definition) is 2. The standard InChI is InChI=1S/C19H30N2.2ClH/c1-16-9-13-21(14-10-16)18-7-11-19(15-20,12-8-18)17-5-3-2-4-6-17;;/h2-6,16,18H,7-15,20H2,1H3;2*1H. The van der Waals surface area contributed by atoms with Crippen LogP contribution in [0.15, 0.2) is 30.3 Å². The average molecular weight is 359 g/mol. The first kappa shape index (κ1) is 20.8. The SMILES string of the molecule is CC1CCN(C2CCC(CN)(c3ccccc3)CC2)CC1.Cl.Cl. The van der Waals surface area contributed by atoms with Crippen LogP contribution >= 0.6 is 24.8 Å². The molecule has 0 radical (unpaired) electrons. The highest BCUT2D eigenvalue weighted by molar-refractivity contribution is 5.85. The van der Waals surface area contributed by atoms with Crippen LogP contribution in [0.2, 0.25) is 0 Å². The molecule has 132 valence electrons. The lowest BCUT2D eigenvalue weighted by molar-refractivity contribution is 0.0908. The molecule has 2 N–H and O–H groups in total. The molecular formula is C19H32Cl2N2. The molecule has 3 rings (SSSR count). The summed E-state index contributed by atoms with van der Waals surface area (Å²) in [6, 6.07) is 11.8. The van der Waals surface area contributed by atoms with Crippen LogP contribution in [0.3, 0.4) is 0 Å². The van der Waals surface area contributed by atoms with Crippen LogP contribution in [0.25, 0.3) is 0 Å². The maximum Gasteiger partial charge on any atom is 0.00959 e. The smallest absolute Gasteiger partial charge is 0.00959 e. The number of halogens is 2. The third-order valence-electron chi connectivity index (χ3n) is 6.02. The first-order valence-corrected chi connectivity index (χ1v) is 8.73. The normalized spacial score (nSPS) is 29.4. The average Bonchev–Trinajstić information content (AvgIpc) is 2.56. The number of piperidine rings is 1. The summed E-state index contributed by atoms with van der Waals surface area (Å²) in [5.74, 6) is 0.928. The van der Waals surface area contributed by atoms with Gasteiger partial charge in [0.1, 0.15) is 0 Å². The van der Waals surface area contributed by atoms with Gasteiger partial charge in [0.05, 0.1) is 0 Å². The Labute approximate surface area is 154 Å². The first-order chi connectivity index (χ1) is 10.2. The van der Waals surface area contributed by atoms with E-state index in [-0.39, 0.29) is 30.2 Å². The van der Waals surface area contributed by atoms with E-state index in [0.717, 1.165) is 18.5 Å². The Morgan fingerprint density at radius 1 is 1.00 bits per heavy atom. The van der Waals surface area contributed by atoms with Gasteiger partial charge in [-0.15, -0.1) is 24.8 Å². The van der Waals surface area contributed by atoms with Crippen molar-refractivity contribution in [2.24, 2.45) is 11.7 Å². The van der Waals surface area contributed by atoms with Gasteiger partial charge in [-0.3, -0.25) is 0 Å². The fraction of sp³-hybridized carbons (Fsp3) is 0.684. The van der Waals surface area contributed by atoms with Crippen LogP contribution < -0.4 is 5.73 Å². The molecule has 2 fully saturated rings. The monoisotopic (exact) mass is 358 g/mol. The molecule has 1 aliphatic carbocycles. The van der Waals surface area contributed by atoms with Crippen LogP contribution in [0, 0.1) is 5.92 Å². The topological polar surface area (TPSA) is 29.3 Å². The Kier molecular flexibility index (Phi) is 8.37. The molecule has 1 aliphatic heterocycles. The van der Waals surface area contributed by atoms with E-state index in [0.29, 0.717) is 0 Å². The highest BCUT2D eigenvalue weighted by atomic mass is 35.5. The summed E-state index contributed by atoms with van der Waals surface area (Å²) in [6.45, 7) is 5.81. The summed E-state index contributed by atoms with van der Waals surface area (Å²) in [6.07, 6.45) is 7.92. The summed E-state index contributed by atoms with van der Waals surface area (Å²) >= 11 is 0. The van der Waals surface area contributed by atoms with Crippen molar-refractivity contribution in [3.63, 3.8) is 0 Å². The second-order valence-corrected chi connectivity index (χ2v) is 7.30. The molecule has 0 unspecified atom stereocenters. The second-order valence-electron chi connectivity index (χ2n) is 7.30. The molecule has 4 heteroatoms. The van der Waals surface area contributed by atoms with Gasteiger partial charge in [0.2, 0.25) is 0 Å². The lowest BCUT2D eigenvalue weighted by Gasteiger charge is -2.45. The molecule has 0 spiro atoms. The van der Waals surface area contributed by atoms with E-state index < -0.39 is 0 Å². The fourth-order valence-corrected chi connectivity index (χ4v) is 4.32. The van der Waals surface area contributed by atoms with Crippen molar-refractivity contribution in [2.45, 2.75) is 56.9 Å². The number of hydrogen-bond donors (Lipinski definition) is 1. The van der Waals surface area contributed by atoms with E-state index in [1.165, 1.54) is 57.2 Å². The molecule has 0 aromatic heterocycles. The van der Waals surface area contributed by atoms with E-state index in [4.69, 9.17) is 5.73 Å². The minimum absolute atomic E-state index is 0. The summed E-state index contributed by atoms with van der Waals surface area (Å²) in [5.41, 5.74) is 7.89. The minimum atomic E-state index is 0. The Hall–Kier alpha value is -0.280. The van der Waals surface area contributed by atoms with Gasteiger partial charge < -0.3 is 10.6 Å². The first-order valence-electron chi connectivity index (χ1n) is 8.73. The Bertz CT molecular complexity index is 436. The van der Waals surface area contributed by atoms with Gasteiger partial charge in [-0.2, -0.15) is 0 Å². The molecule has 1 aromatic carbocycles. The maximum atomic E-state index is 6.20. The second kappa shape index (κ2) is 9.27. The summed E-state index contributed by atoms with van der Waals surface area (Å²) in [4.78, 5) is 2.76. The fourth-order valence-electron chi connectivity index (χ4n) is 4.32. The van der Waals surface area contributed by atoms with Crippen LogP contribution in [-0.2, 0) is 5.41 Å². The number of rotatable bonds is 3. The van der Waals surface area contributed by atoms with Gasteiger partial charge in [-0.05, 0) is 63.1 Å². The van der Waals surface area contributed by atoms with Crippen molar-refractivity contribution < 1.29 is 0 Å². The summed E-state index contributed by atoms with van der Waals surface area (Å²) in [7, 11) is 0. The van der Waals surface area contributed by atoms with E-state index in [1.54, 1.807) is 0 Å². The minimum Gasteiger partial charge on any atom is -0.330 e. The predicted molar refractivity (Wildman–Crippen MR) is 104 cm³/mol. The van der Waals surface area contributed by atoms with Gasteiger partial charge >= 0.3 is 0 Å². The van der Waals surface area contributed by atoms with Crippen LogP contribution in [0.5, 0.6) is 0 Å². The number of benzene rings is 1. The Morgan fingerprint density at radius 3 is 2.09 bits per heavy atom. The van der Waals surface area contributed by atoms with Crippen molar-refractivity contribution in [1.29, 1.82) is 0 Å². The maximum absolute atomic E-state index is 6.20. The Balaban J connectivity index is 0.00000132. The molecule has 2 aliphatic rings. The number of nitrogens with zero attached hydrogens (tertiary/aromatic N) is 1. The molecule has 0 amide bonds. The summed E-state index contributed by atoms with van der Waals surface area (Å²) < 4.78 is 0. The van der Waals surface area contributed by atoms with Crippen molar-refractivity contribution in [1.82, 2.24) is 4.90 Å². The van der Waals surface area contributed by atoms with Crippen LogP contribution in [-0.4, -0.2) is 30.6 Å².